The number of ether oxygens (including phenoxy) is 2. The molecule has 3 heterocycles. The Hall–Kier alpha value is -2.88. The van der Waals surface area contributed by atoms with E-state index in [0.717, 1.165) is 48.2 Å². The van der Waals surface area contributed by atoms with Gasteiger partial charge in [0.15, 0.2) is 0 Å². The molecule has 234 valence electrons. The van der Waals surface area contributed by atoms with Crippen LogP contribution in [-0.2, 0) is 14.9 Å². The first-order valence-electron chi connectivity index (χ1n) is 14.8. The lowest BCUT2D eigenvalue weighted by Gasteiger charge is -2.38. The largest absolute Gasteiger partial charge is 0.394 e. The van der Waals surface area contributed by atoms with E-state index in [0.29, 0.717) is 11.1 Å². The van der Waals surface area contributed by atoms with Crippen LogP contribution in [0.1, 0.15) is 35.1 Å². The van der Waals surface area contributed by atoms with Gasteiger partial charge < -0.3 is 55.6 Å². The van der Waals surface area contributed by atoms with Gasteiger partial charge in [0.05, 0.1) is 13.2 Å². The van der Waals surface area contributed by atoms with Gasteiger partial charge in [0.25, 0.3) is 0 Å². The summed E-state index contributed by atoms with van der Waals surface area (Å²) in [6.07, 6.45) is -11.3. The molecule has 11 heteroatoms. The number of rotatable bonds is 2. The van der Waals surface area contributed by atoms with Crippen LogP contribution in [0.5, 0.6) is 0 Å². The van der Waals surface area contributed by atoms with Crippen LogP contribution in [0.15, 0.2) is 36.4 Å². The molecular weight excluding hydrogens is 570 g/mol. The fourth-order valence-corrected chi connectivity index (χ4v) is 6.79. The van der Waals surface area contributed by atoms with Crippen LogP contribution < -0.4 is 5.32 Å². The van der Waals surface area contributed by atoms with Gasteiger partial charge in [-0.2, -0.15) is 0 Å². The minimum absolute atomic E-state index is 0.308. The summed E-state index contributed by atoms with van der Waals surface area (Å²) in [6, 6.07) is 11.9. The highest BCUT2D eigenvalue weighted by atomic mass is 16.5. The zero-order chi connectivity index (χ0) is 31.2. The molecule has 0 saturated carbocycles. The third-order valence-corrected chi connectivity index (χ3v) is 9.32. The van der Waals surface area contributed by atoms with E-state index in [-0.39, 0.29) is 5.41 Å². The molecular formula is C33H37NO10. The van der Waals surface area contributed by atoms with Crippen molar-refractivity contribution in [3.8, 4) is 34.8 Å². The maximum atomic E-state index is 10.4. The van der Waals surface area contributed by atoms with Crippen LogP contribution in [0, 0.1) is 23.7 Å². The Morgan fingerprint density at radius 3 is 1.48 bits per heavy atom. The van der Waals surface area contributed by atoms with Gasteiger partial charge in [0.2, 0.25) is 0 Å². The summed E-state index contributed by atoms with van der Waals surface area (Å²) in [5, 5.41) is 83.6. The molecule has 4 aliphatic rings. The number of benzene rings is 2. The molecule has 0 aromatic heterocycles. The fraction of sp³-hybridized carbons (Fsp3) is 0.515. The van der Waals surface area contributed by atoms with Gasteiger partial charge in [-0.15, -0.1) is 0 Å². The summed E-state index contributed by atoms with van der Waals surface area (Å²) in [7, 11) is 0. The summed E-state index contributed by atoms with van der Waals surface area (Å²) >= 11 is 0. The average molecular weight is 608 g/mol. The molecule has 10 atom stereocenters. The maximum Gasteiger partial charge on any atom is 0.147 e. The highest BCUT2D eigenvalue weighted by molar-refractivity contribution is 5.82. The van der Waals surface area contributed by atoms with Crippen LogP contribution in [-0.4, -0.2) is 128 Å². The zero-order valence-corrected chi connectivity index (χ0v) is 23.9. The van der Waals surface area contributed by atoms with E-state index in [4.69, 9.17) is 9.47 Å². The molecule has 3 fully saturated rings. The van der Waals surface area contributed by atoms with E-state index in [1.807, 2.05) is 36.4 Å². The van der Waals surface area contributed by atoms with E-state index in [9.17, 15) is 40.9 Å². The van der Waals surface area contributed by atoms with Gasteiger partial charge in [0.1, 0.15) is 61.0 Å². The lowest BCUT2D eigenvalue weighted by molar-refractivity contribution is -0.214. The number of nitrogens with one attached hydrogen (secondary N) is 1. The quantitative estimate of drug-likeness (QED) is 0.167. The van der Waals surface area contributed by atoms with E-state index in [2.05, 4.69) is 29.0 Å². The molecule has 0 unspecified atom stereocenters. The van der Waals surface area contributed by atoms with E-state index in [1.165, 1.54) is 0 Å². The van der Waals surface area contributed by atoms with E-state index < -0.39 is 74.3 Å². The van der Waals surface area contributed by atoms with E-state index in [1.54, 1.807) is 0 Å². The van der Waals surface area contributed by atoms with Crippen LogP contribution in [0.25, 0.3) is 11.1 Å². The van der Waals surface area contributed by atoms with Crippen LogP contribution in [0.2, 0.25) is 0 Å². The summed E-state index contributed by atoms with van der Waals surface area (Å²) in [4.78, 5) is 0. The number of aliphatic hydroxyl groups excluding tert-OH is 8. The predicted octanol–water partition coefficient (Wildman–Crippen LogP) is -2.28. The van der Waals surface area contributed by atoms with Crippen molar-refractivity contribution in [2.24, 2.45) is 0 Å². The molecule has 1 spiro atoms. The minimum Gasteiger partial charge on any atom is -0.394 e. The number of hydrogen-bond acceptors (Lipinski definition) is 11. The van der Waals surface area contributed by atoms with Crippen molar-refractivity contribution in [1.29, 1.82) is 0 Å². The SMILES string of the molecule is OC[C@H]1O[C@H](C#Cc2ccc3c(c2)C2(CCNCC2)c2cc(C#C[C@H]4O[C@H](CO)[C@@H](O)[C@H](O)[C@@H]4O)ccc2-3)[C@H](O)[C@@H](O)[C@@H]1O. The van der Waals surface area contributed by atoms with Gasteiger partial charge in [-0.05, 0) is 72.5 Å². The van der Waals surface area contributed by atoms with Crippen LogP contribution in [0.4, 0.5) is 0 Å². The second kappa shape index (κ2) is 12.5. The Balaban J connectivity index is 1.31. The van der Waals surface area contributed by atoms with Gasteiger partial charge in [-0.1, -0.05) is 35.8 Å². The average Bonchev–Trinajstić information content (AvgIpc) is 3.29. The Kier molecular flexibility index (Phi) is 8.83. The van der Waals surface area contributed by atoms with Crippen LogP contribution in [0.3, 0.4) is 0 Å². The third-order valence-electron chi connectivity index (χ3n) is 9.32. The monoisotopic (exact) mass is 607 g/mol. The molecule has 0 radical (unpaired) electrons. The van der Waals surface area contributed by atoms with Gasteiger partial charge in [0, 0.05) is 16.5 Å². The number of piperidine rings is 1. The highest BCUT2D eigenvalue weighted by Crippen LogP contribution is 2.53. The highest BCUT2D eigenvalue weighted by Gasteiger charge is 2.45. The summed E-state index contributed by atoms with van der Waals surface area (Å²) in [6.45, 7) is 0.568. The van der Waals surface area contributed by atoms with Gasteiger partial charge in [-0.25, -0.2) is 0 Å². The normalized spacial score (nSPS) is 35.5. The number of hydrogen-bond donors (Lipinski definition) is 9. The first-order valence-corrected chi connectivity index (χ1v) is 14.8. The number of aliphatic hydroxyl groups is 8. The van der Waals surface area contributed by atoms with E-state index >= 15 is 0 Å². The van der Waals surface area contributed by atoms with Crippen molar-refractivity contribution < 1.29 is 50.3 Å². The first kappa shape index (κ1) is 31.1. The topological polar surface area (TPSA) is 192 Å². The lowest BCUT2D eigenvalue weighted by Crippen LogP contribution is -2.58. The molecule has 44 heavy (non-hydrogen) atoms. The summed E-state index contributed by atoms with van der Waals surface area (Å²) in [5.41, 5.74) is 5.46. The molecule has 3 aliphatic heterocycles. The third kappa shape index (κ3) is 5.35. The van der Waals surface area contributed by atoms with Gasteiger partial charge >= 0.3 is 0 Å². The standard InChI is InChI=1S/C33H37NO10/c35-15-25-29(39)31(41)27(37)23(43-25)7-3-17-1-5-19-20-6-2-18(4-8-24-28(38)32(42)30(40)26(16-36)44-24)14-22(20)33(21(19)13-17)9-11-34-12-10-33/h1-2,5-6,13-14,23-32,34-42H,9-12,15-16H2/t23-,24-,25-,26-,27-,28+,29-,30-,31-,32-/m1/s1. The fourth-order valence-electron chi connectivity index (χ4n) is 6.79. The summed E-state index contributed by atoms with van der Waals surface area (Å²) < 4.78 is 11.1. The molecule has 1 aliphatic carbocycles. The molecule has 9 N–H and O–H groups in total. The second-order valence-electron chi connectivity index (χ2n) is 11.9. The Labute approximate surface area is 254 Å². The first-order chi connectivity index (χ1) is 21.2. The maximum absolute atomic E-state index is 10.4. The Morgan fingerprint density at radius 2 is 1.07 bits per heavy atom. The molecule has 3 saturated heterocycles. The molecule has 11 nitrogen and oxygen atoms in total. The van der Waals surface area contributed by atoms with Crippen molar-refractivity contribution in [1.82, 2.24) is 5.32 Å². The molecule has 0 amide bonds. The molecule has 2 aromatic carbocycles. The van der Waals surface area contributed by atoms with Crippen LogP contribution >= 0.6 is 0 Å². The summed E-state index contributed by atoms with van der Waals surface area (Å²) in [5.74, 6) is 11.8. The van der Waals surface area contributed by atoms with Crippen molar-refractivity contribution in [2.45, 2.75) is 79.3 Å². The Bertz CT molecular complexity index is 1390. The molecule has 2 aromatic rings. The van der Waals surface area contributed by atoms with Crippen molar-refractivity contribution in [2.75, 3.05) is 26.3 Å². The second-order valence-corrected chi connectivity index (χ2v) is 11.9. The molecule has 6 rings (SSSR count). The van der Waals surface area contributed by atoms with Crippen molar-refractivity contribution in [3.05, 3.63) is 58.7 Å². The Morgan fingerprint density at radius 1 is 0.636 bits per heavy atom. The minimum atomic E-state index is -1.49. The zero-order valence-electron chi connectivity index (χ0n) is 23.9. The molecule has 0 bridgehead atoms. The van der Waals surface area contributed by atoms with Crippen molar-refractivity contribution >= 4 is 0 Å². The van der Waals surface area contributed by atoms with Gasteiger partial charge in [-0.3, -0.25) is 0 Å². The number of fused-ring (bicyclic) bond motifs is 5. The smallest absolute Gasteiger partial charge is 0.147 e. The predicted molar refractivity (Wildman–Crippen MR) is 156 cm³/mol. The lowest BCUT2D eigenvalue weighted by atomic mass is 9.71. The van der Waals surface area contributed by atoms with Crippen molar-refractivity contribution in [3.63, 3.8) is 0 Å².